The molecule has 1 aliphatic heterocycles. The first-order chi connectivity index (χ1) is 20.0. The van der Waals surface area contributed by atoms with Gasteiger partial charge in [0, 0.05) is 22.8 Å². The number of benzene rings is 3. The quantitative estimate of drug-likeness (QED) is 0.143. The Morgan fingerprint density at radius 1 is 1.07 bits per heavy atom. The van der Waals surface area contributed by atoms with Crippen LogP contribution >= 0.6 is 23.2 Å². The zero-order valence-electron chi connectivity index (χ0n) is 22.1. The van der Waals surface area contributed by atoms with Gasteiger partial charge in [0.15, 0.2) is 18.1 Å². The van der Waals surface area contributed by atoms with Crippen LogP contribution in [0, 0.1) is 17.0 Å². The second kappa shape index (κ2) is 12.7. The number of ether oxygens (including phenoxy) is 2. The molecule has 0 unspecified atom stereocenters. The van der Waals surface area contributed by atoms with Gasteiger partial charge in [-0.25, -0.2) is 9.69 Å². The molecule has 3 aromatic rings. The largest absolute Gasteiger partial charge is 0.490 e. The standard InChI is InChI=1S/C28H22Cl2N4O8/c1-3-41-23-11-16(10-22(30)25(23)42-14-24(35)31-17-8-7-15(2)21(29)12-17)9-20-26(36)32-28(38)33(27(20)37)18-5-4-6-19(13-18)34(39)40/h4-13H,3,14H2,1-2H3,(H,31,35)(H,32,36,38)/b20-9-. The highest BCUT2D eigenvalue weighted by Crippen LogP contribution is 2.38. The molecule has 1 fully saturated rings. The fourth-order valence-electron chi connectivity index (χ4n) is 3.88. The minimum Gasteiger partial charge on any atom is -0.490 e. The van der Waals surface area contributed by atoms with Crippen molar-refractivity contribution in [2.45, 2.75) is 13.8 Å². The number of amides is 5. The normalized spacial score (nSPS) is 14.0. The lowest BCUT2D eigenvalue weighted by Crippen LogP contribution is -2.54. The van der Waals surface area contributed by atoms with Gasteiger partial charge < -0.3 is 14.8 Å². The number of nitro benzene ring substituents is 1. The number of urea groups is 1. The minimum absolute atomic E-state index is 0.00858. The second-order valence-electron chi connectivity index (χ2n) is 8.80. The van der Waals surface area contributed by atoms with Crippen LogP contribution < -0.4 is 25.0 Å². The summed E-state index contributed by atoms with van der Waals surface area (Å²) in [7, 11) is 0. The SMILES string of the molecule is CCOc1cc(/C=C2/C(=O)NC(=O)N(c3cccc([N+](=O)[O-])c3)C2=O)cc(Cl)c1OCC(=O)Nc1ccc(C)c(Cl)c1. The van der Waals surface area contributed by atoms with Crippen molar-refractivity contribution in [3.8, 4) is 11.5 Å². The summed E-state index contributed by atoms with van der Waals surface area (Å²) >= 11 is 12.5. The van der Waals surface area contributed by atoms with Crippen LogP contribution in [-0.4, -0.2) is 41.9 Å². The summed E-state index contributed by atoms with van der Waals surface area (Å²) in [6, 6.07) is 11.6. The van der Waals surface area contributed by atoms with E-state index in [-0.39, 0.29) is 40.1 Å². The first kappa shape index (κ1) is 30.0. The zero-order chi connectivity index (χ0) is 30.6. The second-order valence-corrected chi connectivity index (χ2v) is 9.61. The number of rotatable bonds is 9. The number of non-ortho nitro benzene ring substituents is 1. The van der Waals surface area contributed by atoms with E-state index in [9.17, 15) is 29.3 Å². The number of hydrogen-bond donors (Lipinski definition) is 2. The molecule has 0 spiro atoms. The Balaban J connectivity index is 1.59. The third kappa shape index (κ3) is 6.67. The Kier molecular flexibility index (Phi) is 9.09. The number of nitrogens with one attached hydrogen (secondary N) is 2. The van der Waals surface area contributed by atoms with Crippen molar-refractivity contribution < 1.29 is 33.6 Å². The molecule has 5 amide bonds. The Hall–Kier alpha value is -4.94. The van der Waals surface area contributed by atoms with Crippen LogP contribution in [0.3, 0.4) is 0 Å². The van der Waals surface area contributed by atoms with Gasteiger partial charge in [0.1, 0.15) is 5.57 Å². The average molecular weight is 613 g/mol. The van der Waals surface area contributed by atoms with E-state index in [1.807, 2.05) is 12.2 Å². The maximum absolute atomic E-state index is 13.2. The molecule has 12 nitrogen and oxygen atoms in total. The summed E-state index contributed by atoms with van der Waals surface area (Å²) in [6.07, 6.45) is 1.18. The van der Waals surface area contributed by atoms with Crippen LogP contribution in [0.1, 0.15) is 18.1 Å². The predicted molar refractivity (Wildman–Crippen MR) is 155 cm³/mol. The van der Waals surface area contributed by atoms with Crippen molar-refractivity contribution in [1.82, 2.24) is 5.32 Å². The zero-order valence-corrected chi connectivity index (χ0v) is 23.6. The fourth-order valence-corrected chi connectivity index (χ4v) is 4.34. The summed E-state index contributed by atoms with van der Waals surface area (Å²) in [6.45, 7) is 3.30. The van der Waals surface area contributed by atoms with Crippen LogP contribution in [-0.2, 0) is 14.4 Å². The summed E-state index contributed by atoms with van der Waals surface area (Å²) in [5.41, 5.74) is 0.671. The van der Waals surface area contributed by atoms with E-state index in [1.54, 1.807) is 25.1 Å². The lowest BCUT2D eigenvalue weighted by molar-refractivity contribution is -0.384. The topological polar surface area (TPSA) is 157 Å². The van der Waals surface area contributed by atoms with E-state index in [2.05, 4.69) is 5.32 Å². The molecule has 0 atom stereocenters. The van der Waals surface area contributed by atoms with Crippen LogP contribution in [0.15, 0.2) is 60.2 Å². The molecule has 1 heterocycles. The number of nitro groups is 1. The number of anilines is 2. The number of carbonyl (C=O) groups excluding carboxylic acids is 4. The van der Waals surface area contributed by atoms with Crippen LogP contribution in [0.5, 0.6) is 11.5 Å². The maximum Gasteiger partial charge on any atom is 0.335 e. The molecule has 0 radical (unpaired) electrons. The van der Waals surface area contributed by atoms with Crippen molar-refractivity contribution in [3.63, 3.8) is 0 Å². The fraction of sp³-hybridized carbons (Fsp3) is 0.143. The predicted octanol–water partition coefficient (Wildman–Crippen LogP) is 5.29. The molecule has 42 heavy (non-hydrogen) atoms. The van der Waals surface area contributed by atoms with Crippen LogP contribution in [0.25, 0.3) is 6.08 Å². The number of aryl methyl sites for hydroxylation is 1. The van der Waals surface area contributed by atoms with Gasteiger partial charge in [-0.2, -0.15) is 0 Å². The number of nitrogens with zero attached hydrogens (tertiary/aromatic N) is 2. The van der Waals surface area contributed by atoms with E-state index >= 15 is 0 Å². The first-order valence-electron chi connectivity index (χ1n) is 12.3. The third-order valence-corrected chi connectivity index (χ3v) is 6.53. The lowest BCUT2D eigenvalue weighted by Gasteiger charge is -2.26. The Bertz CT molecular complexity index is 1660. The van der Waals surface area contributed by atoms with Crippen molar-refractivity contribution in [2.75, 3.05) is 23.4 Å². The van der Waals surface area contributed by atoms with Gasteiger partial charge in [-0.05, 0) is 61.4 Å². The van der Waals surface area contributed by atoms with E-state index in [0.717, 1.165) is 11.6 Å². The molecule has 1 aliphatic rings. The van der Waals surface area contributed by atoms with Crippen LogP contribution in [0.4, 0.5) is 21.9 Å². The van der Waals surface area contributed by atoms with Crippen molar-refractivity contribution in [1.29, 1.82) is 0 Å². The van der Waals surface area contributed by atoms with Gasteiger partial charge in [-0.3, -0.25) is 29.8 Å². The molecular formula is C28H22Cl2N4O8. The van der Waals surface area contributed by atoms with Gasteiger partial charge in [-0.15, -0.1) is 0 Å². The molecular weight excluding hydrogens is 591 g/mol. The molecule has 4 rings (SSSR count). The van der Waals surface area contributed by atoms with E-state index < -0.39 is 40.9 Å². The highest BCUT2D eigenvalue weighted by Gasteiger charge is 2.37. The van der Waals surface area contributed by atoms with E-state index in [4.69, 9.17) is 32.7 Å². The molecule has 3 aromatic carbocycles. The average Bonchev–Trinajstić information content (AvgIpc) is 2.93. The molecule has 0 bridgehead atoms. The maximum atomic E-state index is 13.2. The smallest absolute Gasteiger partial charge is 0.335 e. The van der Waals surface area contributed by atoms with Crippen molar-refractivity contribution in [2.24, 2.45) is 0 Å². The molecule has 14 heteroatoms. The third-order valence-electron chi connectivity index (χ3n) is 5.85. The number of halogens is 2. The minimum atomic E-state index is -1.06. The highest BCUT2D eigenvalue weighted by atomic mass is 35.5. The summed E-state index contributed by atoms with van der Waals surface area (Å²) < 4.78 is 11.3. The molecule has 0 aromatic heterocycles. The van der Waals surface area contributed by atoms with Gasteiger partial charge in [0.2, 0.25) is 0 Å². The van der Waals surface area contributed by atoms with Gasteiger partial charge >= 0.3 is 6.03 Å². The molecule has 0 aliphatic carbocycles. The molecule has 1 saturated heterocycles. The molecule has 216 valence electrons. The van der Waals surface area contributed by atoms with Gasteiger partial charge in [-0.1, -0.05) is 35.3 Å². The molecule has 0 saturated carbocycles. The first-order valence-corrected chi connectivity index (χ1v) is 13.0. The number of carbonyl (C=O) groups is 4. The van der Waals surface area contributed by atoms with Crippen molar-refractivity contribution in [3.05, 3.63) is 91.5 Å². The monoisotopic (exact) mass is 612 g/mol. The van der Waals surface area contributed by atoms with Crippen LogP contribution in [0.2, 0.25) is 10.0 Å². The summed E-state index contributed by atoms with van der Waals surface area (Å²) in [5, 5.41) is 16.4. The Labute approximate surface area is 248 Å². The van der Waals surface area contributed by atoms with Crippen molar-refractivity contribution >= 4 is 70.1 Å². The Morgan fingerprint density at radius 2 is 1.83 bits per heavy atom. The van der Waals surface area contributed by atoms with E-state index in [0.29, 0.717) is 15.6 Å². The Morgan fingerprint density at radius 3 is 2.52 bits per heavy atom. The lowest BCUT2D eigenvalue weighted by atomic mass is 10.1. The highest BCUT2D eigenvalue weighted by molar-refractivity contribution is 6.39. The van der Waals surface area contributed by atoms with E-state index in [1.165, 1.54) is 36.4 Å². The molecule has 2 N–H and O–H groups in total. The summed E-state index contributed by atoms with van der Waals surface area (Å²) in [5.74, 6) is -2.31. The number of imide groups is 2. The van der Waals surface area contributed by atoms with Gasteiger partial charge in [0.25, 0.3) is 23.4 Å². The number of barbiturate groups is 1. The van der Waals surface area contributed by atoms with Gasteiger partial charge in [0.05, 0.1) is 22.2 Å². The summed E-state index contributed by atoms with van der Waals surface area (Å²) in [4.78, 5) is 61.9. The number of hydrogen-bond acceptors (Lipinski definition) is 8.